The van der Waals surface area contributed by atoms with Gasteiger partial charge in [0, 0.05) is 12.5 Å². The minimum atomic E-state index is -1.55. The second-order valence-corrected chi connectivity index (χ2v) is 6.55. The molecule has 0 radical (unpaired) electrons. The van der Waals surface area contributed by atoms with Crippen molar-refractivity contribution in [3.05, 3.63) is 12.2 Å². The van der Waals surface area contributed by atoms with Crippen LogP contribution in [0.5, 0.6) is 0 Å². The van der Waals surface area contributed by atoms with E-state index < -0.39 is 29.1 Å². The van der Waals surface area contributed by atoms with Crippen LogP contribution in [0, 0.1) is 11.8 Å². The van der Waals surface area contributed by atoms with Crippen LogP contribution in [0.15, 0.2) is 12.2 Å². The Kier molecular flexibility index (Phi) is 3.77. The number of esters is 1. The number of rotatable bonds is 3. The number of carbonyl (C=O) groups excluding carboxylic acids is 2. The van der Waals surface area contributed by atoms with Gasteiger partial charge in [-0.2, -0.15) is 0 Å². The highest BCUT2D eigenvalue weighted by atomic mass is 16.5. The number of fused-ring (bicyclic) bond motifs is 1. The van der Waals surface area contributed by atoms with Crippen molar-refractivity contribution in [3.63, 3.8) is 0 Å². The third kappa shape index (κ3) is 1.86. The van der Waals surface area contributed by atoms with Gasteiger partial charge in [-0.3, -0.25) is 4.79 Å². The van der Waals surface area contributed by atoms with E-state index in [1.165, 1.54) is 7.11 Å². The minimum Gasteiger partial charge on any atom is -0.467 e. The molecule has 22 heavy (non-hydrogen) atoms. The Hall–Kier alpha value is -1.40. The molecule has 5 unspecified atom stereocenters. The van der Waals surface area contributed by atoms with E-state index in [-0.39, 0.29) is 11.8 Å². The number of nitrogens with one attached hydrogen (secondary N) is 1. The molecule has 2 fully saturated rings. The predicted octanol–water partition coefficient (Wildman–Crippen LogP) is 0.540. The van der Waals surface area contributed by atoms with Gasteiger partial charge in [-0.05, 0) is 32.6 Å². The fourth-order valence-electron chi connectivity index (χ4n) is 4.27. The van der Waals surface area contributed by atoms with E-state index in [4.69, 9.17) is 9.47 Å². The predicted molar refractivity (Wildman–Crippen MR) is 77.8 cm³/mol. The average molecular weight is 309 g/mol. The summed E-state index contributed by atoms with van der Waals surface area (Å²) in [7, 11) is 1.27. The van der Waals surface area contributed by atoms with Crippen LogP contribution in [0.1, 0.15) is 32.6 Å². The number of methoxy groups -OCH3 is 1. The van der Waals surface area contributed by atoms with Crippen LogP contribution < -0.4 is 5.32 Å². The Morgan fingerprint density at radius 1 is 1.55 bits per heavy atom. The van der Waals surface area contributed by atoms with Crippen molar-refractivity contribution in [1.82, 2.24) is 5.32 Å². The molecular formula is C16H23NO5. The summed E-state index contributed by atoms with van der Waals surface area (Å²) < 4.78 is 10.8. The molecule has 1 aliphatic carbocycles. The Labute approximate surface area is 129 Å². The van der Waals surface area contributed by atoms with E-state index in [0.717, 1.165) is 19.3 Å². The van der Waals surface area contributed by atoms with Crippen molar-refractivity contribution < 1.29 is 24.2 Å². The lowest BCUT2D eigenvalue weighted by Gasteiger charge is -2.44. The zero-order valence-electron chi connectivity index (χ0n) is 13.0. The van der Waals surface area contributed by atoms with Crippen molar-refractivity contribution in [2.45, 2.75) is 49.9 Å². The first-order valence-electron chi connectivity index (χ1n) is 7.86. The van der Waals surface area contributed by atoms with Crippen LogP contribution in [0.2, 0.25) is 0 Å². The maximum atomic E-state index is 12.6. The van der Waals surface area contributed by atoms with E-state index in [1.54, 1.807) is 6.92 Å². The van der Waals surface area contributed by atoms with Crippen LogP contribution in [0.25, 0.3) is 0 Å². The number of aliphatic hydroxyl groups excluding tert-OH is 1. The van der Waals surface area contributed by atoms with Crippen LogP contribution in [-0.4, -0.2) is 47.9 Å². The topological polar surface area (TPSA) is 84.9 Å². The van der Waals surface area contributed by atoms with Gasteiger partial charge in [-0.25, -0.2) is 4.79 Å². The van der Waals surface area contributed by atoms with Crippen molar-refractivity contribution in [2.24, 2.45) is 11.8 Å². The molecule has 2 heterocycles. The Morgan fingerprint density at radius 3 is 2.95 bits per heavy atom. The summed E-state index contributed by atoms with van der Waals surface area (Å²) >= 11 is 0. The van der Waals surface area contributed by atoms with Crippen molar-refractivity contribution in [2.75, 3.05) is 13.7 Å². The second-order valence-electron chi connectivity index (χ2n) is 6.55. The summed E-state index contributed by atoms with van der Waals surface area (Å²) in [5, 5.41) is 13.7. The lowest BCUT2D eigenvalue weighted by molar-refractivity contribution is -0.174. The SMILES string of the molecule is COC(=O)C1(C(O)C2C=CCCC2)NC(=O)C2CCOC21C. The lowest BCUT2D eigenvalue weighted by atomic mass is 9.69. The quantitative estimate of drug-likeness (QED) is 0.587. The molecule has 0 saturated carbocycles. The van der Waals surface area contributed by atoms with Gasteiger partial charge in [0.1, 0.15) is 5.60 Å². The molecule has 122 valence electrons. The van der Waals surface area contributed by atoms with E-state index in [1.807, 2.05) is 12.2 Å². The minimum absolute atomic E-state index is 0.201. The third-order valence-corrected chi connectivity index (χ3v) is 5.54. The largest absolute Gasteiger partial charge is 0.467 e. The molecule has 0 bridgehead atoms. The average Bonchev–Trinajstić information content (AvgIpc) is 3.03. The lowest BCUT2D eigenvalue weighted by Crippen LogP contribution is -2.70. The standard InChI is InChI=1S/C16H23NO5/c1-15-11(8-9-22-15)13(19)17-16(15,14(20)21-2)12(18)10-6-4-3-5-7-10/h4,6,10-12,18H,3,5,7-9H2,1-2H3,(H,17,19). The molecule has 3 rings (SSSR count). The van der Waals surface area contributed by atoms with Crippen molar-refractivity contribution >= 4 is 11.9 Å². The molecule has 2 saturated heterocycles. The van der Waals surface area contributed by atoms with Crippen LogP contribution >= 0.6 is 0 Å². The number of carbonyl (C=O) groups is 2. The molecular weight excluding hydrogens is 286 g/mol. The Morgan fingerprint density at radius 2 is 2.32 bits per heavy atom. The molecule has 0 aromatic rings. The first-order valence-corrected chi connectivity index (χ1v) is 7.86. The summed E-state index contributed by atoms with van der Waals surface area (Å²) in [6.45, 7) is 2.13. The number of hydrogen-bond donors (Lipinski definition) is 2. The summed E-state index contributed by atoms with van der Waals surface area (Å²) in [4.78, 5) is 25.0. The number of ether oxygens (including phenoxy) is 2. The number of amides is 1. The molecule has 3 aliphatic rings. The van der Waals surface area contributed by atoms with Gasteiger partial charge < -0.3 is 19.9 Å². The molecule has 0 aromatic heterocycles. The van der Waals surface area contributed by atoms with Gasteiger partial charge in [0.2, 0.25) is 5.91 Å². The fourth-order valence-corrected chi connectivity index (χ4v) is 4.27. The molecule has 2 N–H and O–H groups in total. The van der Waals surface area contributed by atoms with Gasteiger partial charge >= 0.3 is 5.97 Å². The smallest absolute Gasteiger partial charge is 0.337 e. The highest BCUT2D eigenvalue weighted by Crippen LogP contribution is 2.49. The Balaban J connectivity index is 2.05. The molecule has 0 spiro atoms. The molecule has 6 heteroatoms. The highest BCUT2D eigenvalue weighted by molar-refractivity contribution is 5.97. The first kappa shape index (κ1) is 15.5. The monoisotopic (exact) mass is 309 g/mol. The molecule has 2 aliphatic heterocycles. The van der Waals surface area contributed by atoms with Crippen LogP contribution in [0.4, 0.5) is 0 Å². The summed E-state index contributed by atoms with van der Waals surface area (Å²) in [5.41, 5.74) is -2.63. The Bertz CT molecular complexity index is 519. The van der Waals surface area contributed by atoms with E-state index in [0.29, 0.717) is 13.0 Å². The number of hydrogen-bond acceptors (Lipinski definition) is 5. The molecule has 5 atom stereocenters. The summed E-state index contributed by atoms with van der Waals surface area (Å²) in [6.07, 6.45) is 6.10. The zero-order chi connectivity index (χ0) is 16.0. The van der Waals surface area contributed by atoms with E-state index >= 15 is 0 Å². The highest BCUT2D eigenvalue weighted by Gasteiger charge is 2.72. The van der Waals surface area contributed by atoms with Crippen molar-refractivity contribution in [3.8, 4) is 0 Å². The summed E-state index contributed by atoms with van der Waals surface area (Å²) in [5.74, 6) is -1.52. The molecule has 1 amide bonds. The van der Waals surface area contributed by atoms with E-state index in [9.17, 15) is 14.7 Å². The van der Waals surface area contributed by atoms with Gasteiger partial charge in [-0.15, -0.1) is 0 Å². The number of allylic oxidation sites excluding steroid dienone is 1. The molecule has 0 aromatic carbocycles. The number of aliphatic hydroxyl groups is 1. The molecule has 6 nitrogen and oxygen atoms in total. The third-order valence-electron chi connectivity index (χ3n) is 5.54. The normalized spacial score (nSPS) is 41.9. The van der Waals surface area contributed by atoms with Gasteiger partial charge in [-0.1, -0.05) is 12.2 Å². The maximum absolute atomic E-state index is 12.6. The van der Waals surface area contributed by atoms with Gasteiger partial charge in [0.15, 0.2) is 5.54 Å². The van der Waals surface area contributed by atoms with Crippen LogP contribution in [-0.2, 0) is 19.1 Å². The van der Waals surface area contributed by atoms with Crippen molar-refractivity contribution in [1.29, 1.82) is 0 Å². The first-order chi connectivity index (χ1) is 10.5. The maximum Gasteiger partial charge on any atom is 0.337 e. The van der Waals surface area contributed by atoms with Crippen LogP contribution in [0.3, 0.4) is 0 Å². The van der Waals surface area contributed by atoms with Gasteiger partial charge in [0.25, 0.3) is 0 Å². The summed E-state index contributed by atoms with van der Waals surface area (Å²) in [6, 6.07) is 0. The fraction of sp³-hybridized carbons (Fsp3) is 0.750. The second kappa shape index (κ2) is 5.35. The zero-order valence-corrected chi connectivity index (χ0v) is 13.0. The van der Waals surface area contributed by atoms with E-state index in [2.05, 4.69) is 5.32 Å². The van der Waals surface area contributed by atoms with Gasteiger partial charge in [0.05, 0.1) is 19.1 Å².